The highest BCUT2D eigenvalue weighted by atomic mass is 16.5. The molecule has 0 fully saturated rings. The molecule has 0 unspecified atom stereocenters. The summed E-state index contributed by atoms with van der Waals surface area (Å²) in [5, 5.41) is 3.21. The van der Waals surface area contributed by atoms with Gasteiger partial charge in [0.05, 0.1) is 12.8 Å². The Kier molecular flexibility index (Phi) is 4.34. The van der Waals surface area contributed by atoms with E-state index in [4.69, 9.17) is 4.74 Å². The third-order valence-corrected chi connectivity index (χ3v) is 2.87. The lowest BCUT2D eigenvalue weighted by atomic mass is 10.1. The molecule has 0 bridgehead atoms. The van der Waals surface area contributed by atoms with Crippen LogP contribution in [0.25, 0.3) is 11.3 Å². The number of aromatic nitrogens is 2. The van der Waals surface area contributed by atoms with E-state index in [1.54, 1.807) is 7.11 Å². The Morgan fingerprint density at radius 3 is 2.79 bits per heavy atom. The topological polar surface area (TPSA) is 47.0 Å². The Labute approximate surface area is 113 Å². The minimum Gasteiger partial charge on any atom is -0.496 e. The summed E-state index contributed by atoms with van der Waals surface area (Å²) in [6.07, 6.45) is 2.88. The van der Waals surface area contributed by atoms with Crippen LogP contribution in [0.1, 0.15) is 18.9 Å². The molecule has 1 heterocycles. The molecule has 19 heavy (non-hydrogen) atoms. The van der Waals surface area contributed by atoms with Gasteiger partial charge in [-0.25, -0.2) is 9.97 Å². The molecule has 1 N–H and O–H groups in total. The Hall–Kier alpha value is -2.10. The lowest BCUT2D eigenvalue weighted by Crippen LogP contribution is -2.05. The van der Waals surface area contributed by atoms with Crippen LogP contribution in [0.3, 0.4) is 0 Å². The van der Waals surface area contributed by atoms with E-state index >= 15 is 0 Å². The summed E-state index contributed by atoms with van der Waals surface area (Å²) in [4.78, 5) is 8.88. The van der Waals surface area contributed by atoms with Crippen molar-refractivity contribution in [1.29, 1.82) is 0 Å². The molecule has 2 aromatic rings. The molecular weight excluding hydrogens is 238 g/mol. The van der Waals surface area contributed by atoms with Crippen LogP contribution in [0, 0.1) is 6.92 Å². The third kappa shape index (κ3) is 3.02. The fourth-order valence-corrected chi connectivity index (χ4v) is 1.88. The van der Waals surface area contributed by atoms with Crippen LogP contribution in [0.2, 0.25) is 0 Å². The van der Waals surface area contributed by atoms with Crippen LogP contribution >= 0.6 is 0 Å². The van der Waals surface area contributed by atoms with Gasteiger partial charge in [-0.05, 0) is 31.0 Å². The summed E-state index contributed by atoms with van der Waals surface area (Å²) in [5.74, 6) is 1.49. The molecular formula is C15H19N3O. The number of benzene rings is 1. The molecule has 100 valence electrons. The van der Waals surface area contributed by atoms with Gasteiger partial charge in [-0.15, -0.1) is 0 Å². The van der Waals surface area contributed by atoms with Crippen LogP contribution in [-0.2, 0) is 0 Å². The zero-order chi connectivity index (χ0) is 13.7. The van der Waals surface area contributed by atoms with Gasteiger partial charge in [-0.2, -0.15) is 0 Å². The zero-order valence-corrected chi connectivity index (χ0v) is 11.6. The number of hydrogen-bond acceptors (Lipinski definition) is 4. The van der Waals surface area contributed by atoms with E-state index in [0.29, 0.717) is 5.95 Å². The monoisotopic (exact) mass is 257 g/mol. The van der Waals surface area contributed by atoms with Gasteiger partial charge in [0.25, 0.3) is 0 Å². The van der Waals surface area contributed by atoms with E-state index in [-0.39, 0.29) is 0 Å². The predicted octanol–water partition coefficient (Wildman–Crippen LogP) is 3.28. The van der Waals surface area contributed by atoms with Crippen molar-refractivity contribution in [2.75, 3.05) is 19.0 Å². The molecule has 4 nitrogen and oxygen atoms in total. The zero-order valence-electron chi connectivity index (χ0n) is 11.6. The third-order valence-electron chi connectivity index (χ3n) is 2.87. The van der Waals surface area contributed by atoms with Crippen molar-refractivity contribution in [1.82, 2.24) is 9.97 Å². The average molecular weight is 257 g/mol. The summed E-state index contributed by atoms with van der Waals surface area (Å²) in [7, 11) is 1.67. The van der Waals surface area contributed by atoms with Crippen LogP contribution in [0.5, 0.6) is 5.75 Å². The van der Waals surface area contributed by atoms with Crippen molar-refractivity contribution < 1.29 is 4.74 Å². The maximum absolute atomic E-state index is 5.39. The van der Waals surface area contributed by atoms with Gasteiger partial charge in [0.15, 0.2) is 0 Å². The van der Waals surface area contributed by atoms with Crippen molar-refractivity contribution in [3.63, 3.8) is 0 Å². The highest BCUT2D eigenvalue weighted by Crippen LogP contribution is 2.30. The Morgan fingerprint density at radius 2 is 2.05 bits per heavy atom. The SMILES string of the molecule is CCCNc1ncc(C)c(-c2ccccc2OC)n1. The standard InChI is InChI=1S/C15H19N3O/c1-4-9-16-15-17-10-11(2)14(18-15)12-7-5-6-8-13(12)19-3/h5-8,10H,4,9H2,1-3H3,(H,16,17,18). The number of para-hydroxylation sites is 1. The number of anilines is 1. The quantitative estimate of drug-likeness (QED) is 0.893. The molecule has 0 spiro atoms. The molecule has 1 aromatic heterocycles. The Bertz CT molecular complexity index is 555. The molecule has 1 aromatic carbocycles. The molecule has 0 saturated heterocycles. The van der Waals surface area contributed by atoms with Gasteiger partial charge >= 0.3 is 0 Å². The molecule has 0 amide bonds. The Morgan fingerprint density at radius 1 is 1.26 bits per heavy atom. The molecule has 2 rings (SSSR count). The number of nitrogens with one attached hydrogen (secondary N) is 1. The number of hydrogen-bond donors (Lipinski definition) is 1. The van der Waals surface area contributed by atoms with Crippen molar-refractivity contribution in [2.45, 2.75) is 20.3 Å². The smallest absolute Gasteiger partial charge is 0.223 e. The van der Waals surface area contributed by atoms with Crippen molar-refractivity contribution in [3.05, 3.63) is 36.0 Å². The first-order chi connectivity index (χ1) is 9.26. The molecule has 4 heteroatoms. The van der Waals surface area contributed by atoms with Gasteiger partial charge in [0, 0.05) is 18.3 Å². The second-order valence-electron chi connectivity index (χ2n) is 4.35. The predicted molar refractivity (Wildman–Crippen MR) is 77.5 cm³/mol. The number of ether oxygens (including phenoxy) is 1. The van der Waals surface area contributed by atoms with Crippen LogP contribution in [0.4, 0.5) is 5.95 Å². The molecule has 0 radical (unpaired) electrons. The second kappa shape index (κ2) is 6.18. The van der Waals surface area contributed by atoms with Crippen LogP contribution in [0.15, 0.2) is 30.5 Å². The first-order valence-electron chi connectivity index (χ1n) is 6.47. The van der Waals surface area contributed by atoms with E-state index in [2.05, 4.69) is 22.2 Å². The lowest BCUT2D eigenvalue weighted by molar-refractivity contribution is 0.416. The van der Waals surface area contributed by atoms with E-state index < -0.39 is 0 Å². The number of aryl methyl sites for hydroxylation is 1. The van der Waals surface area contributed by atoms with Crippen molar-refractivity contribution in [2.24, 2.45) is 0 Å². The van der Waals surface area contributed by atoms with Gasteiger partial charge in [0.2, 0.25) is 5.95 Å². The fraction of sp³-hybridized carbons (Fsp3) is 0.333. The fourth-order valence-electron chi connectivity index (χ4n) is 1.88. The number of nitrogens with zero attached hydrogens (tertiary/aromatic N) is 2. The first kappa shape index (κ1) is 13.3. The van der Waals surface area contributed by atoms with Crippen LogP contribution in [-0.4, -0.2) is 23.6 Å². The van der Waals surface area contributed by atoms with Gasteiger partial charge in [-0.1, -0.05) is 19.1 Å². The minimum atomic E-state index is 0.661. The van der Waals surface area contributed by atoms with Crippen molar-refractivity contribution >= 4 is 5.95 Å². The highest BCUT2D eigenvalue weighted by molar-refractivity contribution is 5.70. The minimum absolute atomic E-state index is 0.661. The summed E-state index contributed by atoms with van der Waals surface area (Å²) in [6.45, 7) is 4.99. The molecule has 0 aliphatic carbocycles. The lowest BCUT2D eigenvalue weighted by Gasteiger charge is -2.11. The summed E-state index contributed by atoms with van der Waals surface area (Å²) in [6, 6.07) is 7.89. The van der Waals surface area contributed by atoms with Crippen LogP contribution < -0.4 is 10.1 Å². The highest BCUT2D eigenvalue weighted by Gasteiger charge is 2.10. The summed E-state index contributed by atoms with van der Waals surface area (Å²) in [5.41, 5.74) is 2.93. The summed E-state index contributed by atoms with van der Waals surface area (Å²) >= 11 is 0. The Balaban J connectivity index is 2.42. The van der Waals surface area contributed by atoms with E-state index in [1.165, 1.54) is 0 Å². The number of rotatable bonds is 5. The summed E-state index contributed by atoms with van der Waals surface area (Å²) < 4.78 is 5.39. The number of methoxy groups -OCH3 is 1. The maximum Gasteiger partial charge on any atom is 0.223 e. The average Bonchev–Trinajstić information content (AvgIpc) is 2.46. The van der Waals surface area contributed by atoms with Crippen molar-refractivity contribution in [3.8, 4) is 17.0 Å². The molecule has 0 aliphatic heterocycles. The second-order valence-corrected chi connectivity index (χ2v) is 4.35. The van der Waals surface area contributed by atoms with Gasteiger partial charge < -0.3 is 10.1 Å². The molecule has 0 saturated carbocycles. The normalized spacial score (nSPS) is 10.3. The molecule has 0 atom stereocenters. The first-order valence-corrected chi connectivity index (χ1v) is 6.47. The maximum atomic E-state index is 5.39. The van der Waals surface area contributed by atoms with Gasteiger partial charge in [0.1, 0.15) is 5.75 Å². The van der Waals surface area contributed by atoms with E-state index in [1.807, 2.05) is 37.4 Å². The molecule has 0 aliphatic rings. The van der Waals surface area contributed by atoms with Gasteiger partial charge in [-0.3, -0.25) is 0 Å². The van der Waals surface area contributed by atoms with E-state index in [0.717, 1.165) is 35.5 Å². The largest absolute Gasteiger partial charge is 0.496 e. The van der Waals surface area contributed by atoms with E-state index in [9.17, 15) is 0 Å².